The van der Waals surface area contributed by atoms with Crippen LogP contribution in [0.3, 0.4) is 0 Å². The first-order valence-electron chi connectivity index (χ1n) is 8.15. The van der Waals surface area contributed by atoms with E-state index in [1.807, 2.05) is 6.08 Å². The van der Waals surface area contributed by atoms with Gasteiger partial charge < -0.3 is 14.6 Å². The van der Waals surface area contributed by atoms with Gasteiger partial charge >= 0.3 is 11.9 Å². The van der Waals surface area contributed by atoms with Gasteiger partial charge in [0.25, 0.3) is 0 Å². The Morgan fingerprint density at radius 2 is 1.91 bits per heavy atom. The van der Waals surface area contributed by atoms with Gasteiger partial charge in [0.2, 0.25) is 0 Å². The Hall–Kier alpha value is -1.36. The lowest BCUT2D eigenvalue weighted by Gasteiger charge is -2.27. The first-order chi connectivity index (χ1) is 10.6. The van der Waals surface area contributed by atoms with Crippen molar-refractivity contribution >= 4 is 11.9 Å². The van der Waals surface area contributed by atoms with Crippen molar-refractivity contribution in [2.24, 2.45) is 17.8 Å². The Balaban J connectivity index is 4.91. The highest BCUT2D eigenvalue weighted by molar-refractivity contribution is 5.79. The van der Waals surface area contributed by atoms with Crippen LogP contribution in [-0.4, -0.2) is 36.4 Å². The van der Waals surface area contributed by atoms with Crippen molar-refractivity contribution in [1.29, 1.82) is 0 Å². The summed E-state index contributed by atoms with van der Waals surface area (Å²) in [5.74, 6) is -2.13. The molecular formula is C18H32O5. The van der Waals surface area contributed by atoms with Crippen molar-refractivity contribution in [3.8, 4) is 0 Å². The second kappa shape index (κ2) is 10.4. The van der Waals surface area contributed by atoms with Crippen molar-refractivity contribution in [3.05, 3.63) is 12.7 Å². The van der Waals surface area contributed by atoms with E-state index in [0.29, 0.717) is 18.9 Å². The summed E-state index contributed by atoms with van der Waals surface area (Å²) in [5, 5.41) is 9.53. The zero-order valence-corrected chi connectivity index (χ0v) is 15.1. The van der Waals surface area contributed by atoms with Gasteiger partial charge in [0.15, 0.2) is 0 Å². The summed E-state index contributed by atoms with van der Waals surface area (Å²) >= 11 is 0. The van der Waals surface area contributed by atoms with Crippen LogP contribution in [0.5, 0.6) is 0 Å². The molecule has 0 saturated carbocycles. The molecule has 0 spiro atoms. The van der Waals surface area contributed by atoms with Gasteiger partial charge in [0, 0.05) is 13.7 Å². The molecule has 23 heavy (non-hydrogen) atoms. The van der Waals surface area contributed by atoms with Gasteiger partial charge in [-0.15, -0.1) is 6.58 Å². The number of carbonyl (C=O) groups excluding carboxylic acids is 1. The molecule has 2 unspecified atom stereocenters. The summed E-state index contributed by atoms with van der Waals surface area (Å²) in [6, 6.07) is 0. The van der Waals surface area contributed by atoms with Crippen LogP contribution in [0.15, 0.2) is 12.7 Å². The number of hydrogen-bond acceptors (Lipinski definition) is 4. The van der Waals surface area contributed by atoms with Crippen molar-refractivity contribution in [3.63, 3.8) is 0 Å². The highest BCUT2D eigenvalue weighted by atomic mass is 16.6. The van der Waals surface area contributed by atoms with Crippen molar-refractivity contribution in [2.75, 3.05) is 13.7 Å². The van der Waals surface area contributed by atoms with Crippen LogP contribution in [0.4, 0.5) is 0 Å². The SMILES string of the molecule is C=CCCC(C)C[C@@H](COC)C(CC(=O)OC(C)(C)C)C(=O)O. The molecule has 0 aliphatic carbocycles. The van der Waals surface area contributed by atoms with Crippen LogP contribution >= 0.6 is 0 Å². The van der Waals surface area contributed by atoms with Crippen LogP contribution in [0.2, 0.25) is 0 Å². The average molecular weight is 328 g/mol. The van der Waals surface area contributed by atoms with Gasteiger partial charge in [-0.2, -0.15) is 0 Å². The molecule has 0 saturated heterocycles. The first kappa shape index (κ1) is 21.6. The van der Waals surface area contributed by atoms with Crippen LogP contribution in [0.1, 0.15) is 53.4 Å². The molecule has 0 aliphatic rings. The quantitative estimate of drug-likeness (QED) is 0.463. The topological polar surface area (TPSA) is 72.8 Å². The highest BCUT2D eigenvalue weighted by Gasteiger charge is 2.33. The number of ether oxygens (including phenoxy) is 2. The number of methoxy groups -OCH3 is 1. The van der Waals surface area contributed by atoms with E-state index in [9.17, 15) is 14.7 Å². The lowest BCUT2D eigenvalue weighted by Crippen LogP contribution is -2.33. The van der Waals surface area contributed by atoms with Gasteiger partial charge in [-0.05, 0) is 51.9 Å². The standard InChI is InChI=1S/C18H32O5/c1-7-8-9-13(2)10-14(12-22-6)15(17(20)21)11-16(19)23-18(3,4)5/h7,13-15H,1,8-12H2,2-6H3,(H,20,21)/t13?,14-,15?/m0/s1. The number of rotatable bonds is 11. The van der Waals surface area contributed by atoms with Gasteiger partial charge in [0.05, 0.1) is 12.3 Å². The number of hydrogen-bond donors (Lipinski definition) is 1. The minimum Gasteiger partial charge on any atom is -0.481 e. The third-order valence-electron chi connectivity index (χ3n) is 3.64. The summed E-state index contributed by atoms with van der Waals surface area (Å²) in [6.45, 7) is 11.4. The molecule has 0 aromatic heterocycles. The predicted octanol–water partition coefficient (Wildman–Crippen LogP) is 3.67. The molecule has 0 aromatic carbocycles. The molecule has 134 valence electrons. The normalized spacial score (nSPS) is 15.5. The molecule has 5 nitrogen and oxygen atoms in total. The Kier molecular flexibility index (Phi) is 9.80. The lowest BCUT2D eigenvalue weighted by atomic mass is 9.82. The van der Waals surface area contributed by atoms with E-state index in [2.05, 4.69) is 13.5 Å². The molecule has 0 radical (unpaired) electrons. The fourth-order valence-electron chi connectivity index (χ4n) is 2.62. The second-order valence-electron chi connectivity index (χ2n) is 7.16. The van der Waals surface area contributed by atoms with Crippen LogP contribution in [0, 0.1) is 17.8 Å². The molecular weight excluding hydrogens is 296 g/mol. The smallest absolute Gasteiger partial charge is 0.307 e. The Morgan fingerprint density at radius 1 is 1.30 bits per heavy atom. The van der Waals surface area contributed by atoms with E-state index in [-0.39, 0.29) is 12.3 Å². The third-order valence-corrected chi connectivity index (χ3v) is 3.64. The second-order valence-corrected chi connectivity index (χ2v) is 7.16. The van der Waals surface area contributed by atoms with Gasteiger partial charge in [-0.3, -0.25) is 9.59 Å². The molecule has 0 heterocycles. The van der Waals surface area contributed by atoms with Gasteiger partial charge in [-0.25, -0.2) is 0 Å². The maximum atomic E-state index is 12.0. The van der Waals surface area contributed by atoms with Crippen LogP contribution < -0.4 is 0 Å². The van der Waals surface area contributed by atoms with E-state index in [1.54, 1.807) is 27.9 Å². The van der Waals surface area contributed by atoms with E-state index < -0.39 is 23.5 Å². The number of carbonyl (C=O) groups is 2. The van der Waals surface area contributed by atoms with Crippen LogP contribution in [0.25, 0.3) is 0 Å². The molecule has 3 atom stereocenters. The molecule has 0 aromatic rings. The Morgan fingerprint density at radius 3 is 2.35 bits per heavy atom. The summed E-state index contributed by atoms with van der Waals surface area (Å²) in [7, 11) is 1.55. The van der Waals surface area contributed by atoms with Gasteiger partial charge in [-0.1, -0.05) is 13.0 Å². The summed E-state index contributed by atoms with van der Waals surface area (Å²) in [4.78, 5) is 23.6. The van der Waals surface area contributed by atoms with Gasteiger partial charge in [0.1, 0.15) is 5.60 Å². The molecule has 5 heteroatoms. The number of allylic oxidation sites excluding steroid dienone is 1. The minimum absolute atomic E-state index is 0.130. The van der Waals surface area contributed by atoms with E-state index in [0.717, 1.165) is 12.8 Å². The summed E-state index contributed by atoms with van der Waals surface area (Å²) < 4.78 is 10.4. The van der Waals surface area contributed by atoms with Crippen molar-refractivity contribution < 1.29 is 24.2 Å². The Labute approximate surface area is 140 Å². The van der Waals surface area contributed by atoms with E-state index in [4.69, 9.17) is 9.47 Å². The number of aliphatic carboxylic acids is 1. The zero-order valence-electron chi connectivity index (χ0n) is 15.1. The minimum atomic E-state index is -0.978. The first-order valence-corrected chi connectivity index (χ1v) is 8.15. The zero-order chi connectivity index (χ0) is 18.0. The molecule has 0 bridgehead atoms. The number of carboxylic acid groups (broad SMARTS) is 1. The molecule has 0 rings (SSSR count). The molecule has 0 fully saturated rings. The predicted molar refractivity (Wildman–Crippen MR) is 90.2 cm³/mol. The average Bonchev–Trinajstić information content (AvgIpc) is 2.40. The van der Waals surface area contributed by atoms with Crippen molar-refractivity contribution in [2.45, 2.75) is 59.0 Å². The van der Waals surface area contributed by atoms with Crippen molar-refractivity contribution in [1.82, 2.24) is 0 Å². The highest BCUT2D eigenvalue weighted by Crippen LogP contribution is 2.27. The summed E-state index contributed by atoms with van der Waals surface area (Å²) in [5.41, 5.74) is -0.617. The lowest BCUT2D eigenvalue weighted by molar-refractivity contribution is -0.161. The maximum absolute atomic E-state index is 12.0. The van der Waals surface area contributed by atoms with Crippen LogP contribution in [-0.2, 0) is 19.1 Å². The fraction of sp³-hybridized carbons (Fsp3) is 0.778. The number of esters is 1. The number of carboxylic acids is 1. The van der Waals surface area contributed by atoms with E-state index in [1.165, 1.54) is 0 Å². The monoisotopic (exact) mass is 328 g/mol. The fourth-order valence-corrected chi connectivity index (χ4v) is 2.62. The van der Waals surface area contributed by atoms with E-state index >= 15 is 0 Å². The largest absolute Gasteiger partial charge is 0.481 e. The third kappa shape index (κ3) is 10.1. The molecule has 0 amide bonds. The molecule has 1 N–H and O–H groups in total. The maximum Gasteiger partial charge on any atom is 0.307 e. The molecule has 0 aliphatic heterocycles. The summed E-state index contributed by atoms with van der Waals surface area (Å²) in [6.07, 6.45) is 4.26. The Bertz CT molecular complexity index is 383.